The second kappa shape index (κ2) is 7.63. The van der Waals surface area contributed by atoms with Gasteiger partial charge in [0.25, 0.3) is 0 Å². The molecule has 0 unspecified atom stereocenters. The van der Waals surface area contributed by atoms with Crippen LogP contribution in [0.2, 0.25) is 0 Å². The van der Waals surface area contributed by atoms with Gasteiger partial charge in [-0.05, 0) is 79.4 Å². The van der Waals surface area contributed by atoms with Gasteiger partial charge in [-0.3, -0.25) is 0 Å². The molecule has 0 heterocycles. The smallest absolute Gasteiger partial charge is 0.169 e. The predicted molar refractivity (Wildman–Crippen MR) is 97.3 cm³/mol. The number of allylic oxidation sites excluding steroid dienone is 1. The van der Waals surface area contributed by atoms with E-state index in [0.29, 0.717) is 28.9 Å². The lowest BCUT2D eigenvalue weighted by molar-refractivity contribution is 0.306. The van der Waals surface area contributed by atoms with Gasteiger partial charge in [0.05, 0.1) is 5.39 Å². The van der Waals surface area contributed by atoms with Gasteiger partial charge in [-0.2, -0.15) is 0 Å². The van der Waals surface area contributed by atoms with Gasteiger partial charge in [0.2, 0.25) is 0 Å². The molecule has 2 aromatic rings. The summed E-state index contributed by atoms with van der Waals surface area (Å²) in [5, 5.41) is 0.248. The van der Waals surface area contributed by atoms with E-state index in [4.69, 9.17) is 0 Å². The van der Waals surface area contributed by atoms with Gasteiger partial charge in [-0.25, -0.2) is 13.2 Å². The zero-order chi connectivity index (χ0) is 18.0. The molecule has 0 saturated heterocycles. The van der Waals surface area contributed by atoms with Crippen molar-refractivity contribution in [2.45, 2.75) is 57.8 Å². The lowest BCUT2D eigenvalue weighted by Crippen LogP contribution is -2.15. The molecule has 0 nitrogen and oxygen atoms in total. The minimum atomic E-state index is -1.03. The Morgan fingerprint density at radius 3 is 2.40 bits per heavy atom. The molecule has 0 aromatic heterocycles. The van der Waals surface area contributed by atoms with Crippen LogP contribution in [0.15, 0.2) is 30.9 Å². The van der Waals surface area contributed by atoms with Gasteiger partial charge in [0.15, 0.2) is 11.6 Å². The Morgan fingerprint density at radius 1 is 1.04 bits per heavy atom. The number of halogens is 3. The van der Waals surface area contributed by atoms with Crippen molar-refractivity contribution >= 4 is 10.8 Å². The summed E-state index contributed by atoms with van der Waals surface area (Å²) in [5.74, 6) is -1.86. The average molecular weight is 346 g/mol. The van der Waals surface area contributed by atoms with Crippen LogP contribution in [0.3, 0.4) is 0 Å². The molecule has 0 atom stereocenters. The Kier molecular flexibility index (Phi) is 5.51. The standard InChI is InChI=1S/C22H25F3/c1-3-5-6-14-7-9-16(10-8-14)18-13-17-12-11-15(4-2)20(23)19(17)22(25)21(18)24/h3,11-14,16H,1,4-10H2,2H3. The molecule has 1 aliphatic rings. The highest BCUT2D eigenvalue weighted by Gasteiger charge is 2.27. The van der Waals surface area contributed by atoms with Crippen molar-refractivity contribution in [1.29, 1.82) is 0 Å². The molecule has 0 aliphatic heterocycles. The van der Waals surface area contributed by atoms with E-state index in [1.165, 1.54) is 0 Å². The average Bonchev–Trinajstić information content (AvgIpc) is 2.63. The summed E-state index contributed by atoms with van der Waals surface area (Å²) in [5.41, 5.74) is 0.831. The van der Waals surface area contributed by atoms with Gasteiger partial charge in [0.1, 0.15) is 5.82 Å². The van der Waals surface area contributed by atoms with Crippen LogP contribution in [0.1, 0.15) is 62.5 Å². The van der Waals surface area contributed by atoms with E-state index in [2.05, 4.69) is 6.58 Å². The summed E-state index contributed by atoms with van der Waals surface area (Å²) in [7, 11) is 0. The fraction of sp³-hybridized carbons (Fsp3) is 0.455. The first kappa shape index (κ1) is 18.0. The molecule has 1 fully saturated rings. The van der Waals surface area contributed by atoms with E-state index in [1.807, 2.05) is 6.08 Å². The van der Waals surface area contributed by atoms with Gasteiger partial charge >= 0.3 is 0 Å². The molecule has 0 radical (unpaired) electrons. The zero-order valence-electron chi connectivity index (χ0n) is 14.8. The molecular formula is C22H25F3. The molecule has 3 heteroatoms. The fourth-order valence-corrected chi connectivity index (χ4v) is 4.13. The summed E-state index contributed by atoms with van der Waals surface area (Å²) in [6, 6.07) is 5.04. The fourth-order valence-electron chi connectivity index (χ4n) is 4.13. The van der Waals surface area contributed by atoms with Crippen LogP contribution < -0.4 is 0 Å². The Morgan fingerprint density at radius 2 is 1.76 bits per heavy atom. The van der Waals surface area contributed by atoms with Crippen molar-refractivity contribution in [3.05, 3.63) is 59.4 Å². The molecular weight excluding hydrogens is 321 g/mol. The van der Waals surface area contributed by atoms with Crippen LogP contribution in [0.25, 0.3) is 10.8 Å². The van der Waals surface area contributed by atoms with Crippen molar-refractivity contribution < 1.29 is 13.2 Å². The SMILES string of the molecule is C=CCCC1CCC(c2cc3ccc(CC)c(F)c3c(F)c2F)CC1. The van der Waals surface area contributed by atoms with Crippen LogP contribution in [-0.2, 0) is 6.42 Å². The maximum absolute atomic E-state index is 14.7. The molecule has 0 bridgehead atoms. The van der Waals surface area contributed by atoms with Gasteiger partial charge < -0.3 is 0 Å². The van der Waals surface area contributed by atoms with Crippen LogP contribution in [0, 0.1) is 23.4 Å². The first-order valence-electron chi connectivity index (χ1n) is 9.26. The maximum atomic E-state index is 14.7. The number of benzene rings is 2. The Balaban J connectivity index is 1.91. The molecule has 25 heavy (non-hydrogen) atoms. The monoisotopic (exact) mass is 346 g/mol. The van der Waals surface area contributed by atoms with Crippen LogP contribution >= 0.6 is 0 Å². The normalized spacial score (nSPS) is 20.8. The van der Waals surface area contributed by atoms with E-state index in [0.717, 1.165) is 38.5 Å². The zero-order valence-corrected chi connectivity index (χ0v) is 14.8. The van der Waals surface area contributed by atoms with Crippen LogP contribution in [0.4, 0.5) is 13.2 Å². The lowest BCUT2D eigenvalue weighted by Gasteiger charge is -2.29. The topological polar surface area (TPSA) is 0 Å². The Labute approximate surface area is 147 Å². The first-order chi connectivity index (χ1) is 12.1. The van der Waals surface area contributed by atoms with Crippen molar-refractivity contribution in [1.82, 2.24) is 0 Å². The third-order valence-electron chi connectivity index (χ3n) is 5.68. The van der Waals surface area contributed by atoms with Crippen LogP contribution in [-0.4, -0.2) is 0 Å². The predicted octanol–water partition coefficient (Wildman–Crippen LogP) is 7.06. The molecule has 0 spiro atoms. The van der Waals surface area contributed by atoms with E-state index >= 15 is 0 Å². The van der Waals surface area contributed by atoms with E-state index in [1.54, 1.807) is 25.1 Å². The summed E-state index contributed by atoms with van der Waals surface area (Å²) in [6.07, 6.45) is 8.30. The van der Waals surface area contributed by atoms with Crippen LogP contribution in [0.5, 0.6) is 0 Å². The quantitative estimate of drug-likeness (QED) is 0.508. The summed E-state index contributed by atoms with van der Waals surface area (Å²) >= 11 is 0. The minimum absolute atomic E-state index is 0.0211. The van der Waals surface area contributed by atoms with Crippen molar-refractivity contribution in [3.8, 4) is 0 Å². The number of hydrogen-bond donors (Lipinski definition) is 0. The molecule has 0 N–H and O–H groups in total. The van der Waals surface area contributed by atoms with Gasteiger partial charge in [-0.15, -0.1) is 6.58 Å². The van der Waals surface area contributed by atoms with Crippen molar-refractivity contribution in [2.24, 2.45) is 5.92 Å². The Hall–Kier alpha value is -1.77. The molecule has 134 valence electrons. The highest BCUT2D eigenvalue weighted by atomic mass is 19.2. The lowest BCUT2D eigenvalue weighted by atomic mass is 9.76. The van der Waals surface area contributed by atoms with Crippen molar-refractivity contribution in [3.63, 3.8) is 0 Å². The second-order valence-electron chi connectivity index (χ2n) is 7.17. The minimum Gasteiger partial charge on any atom is -0.206 e. The number of fused-ring (bicyclic) bond motifs is 1. The molecule has 2 aromatic carbocycles. The molecule has 0 amide bonds. The number of aryl methyl sites for hydroxylation is 1. The Bertz CT molecular complexity index is 771. The highest BCUT2D eigenvalue weighted by molar-refractivity contribution is 5.85. The highest BCUT2D eigenvalue weighted by Crippen LogP contribution is 2.40. The molecule has 1 saturated carbocycles. The van der Waals surface area contributed by atoms with E-state index < -0.39 is 17.5 Å². The van der Waals surface area contributed by atoms with E-state index in [-0.39, 0.29) is 11.3 Å². The molecule has 3 rings (SSSR count). The number of rotatable bonds is 5. The summed E-state index contributed by atoms with van der Waals surface area (Å²) in [6.45, 7) is 5.56. The second-order valence-corrected chi connectivity index (χ2v) is 7.17. The third-order valence-corrected chi connectivity index (χ3v) is 5.68. The summed E-state index contributed by atoms with van der Waals surface area (Å²) < 4.78 is 43.7. The first-order valence-corrected chi connectivity index (χ1v) is 9.26. The van der Waals surface area contributed by atoms with Gasteiger partial charge in [-0.1, -0.05) is 25.1 Å². The number of hydrogen-bond acceptors (Lipinski definition) is 0. The third kappa shape index (κ3) is 3.47. The van der Waals surface area contributed by atoms with E-state index in [9.17, 15) is 13.2 Å². The van der Waals surface area contributed by atoms with Gasteiger partial charge in [0, 0.05) is 0 Å². The summed E-state index contributed by atoms with van der Waals surface area (Å²) in [4.78, 5) is 0. The van der Waals surface area contributed by atoms with Crippen molar-refractivity contribution in [2.75, 3.05) is 0 Å². The molecule has 1 aliphatic carbocycles. The largest absolute Gasteiger partial charge is 0.206 e. The maximum Gasteiger partial charge on any atom is 0.169 e.